The van der Waals surface area contributed by atoms with Crippen LogP contribution in [0, 0.1) is 16.7 Å². The van der Waals surface area contributed by atoms with Crippen LogP contribution in [-0.2, 0) is 6.42 Å². The van der Waals surface area contributed by atoms with E-state index in [-0.39, 0.29) is 0 Å². The Bertz CT molecular complexity index is 502. The van der Waals surface area contributed by atoms with Crippen LogP contribution in [0.15, 0.2) is 28.7 Å². The molecule has 2 fully saturated rings. The summed E-state index contributed by atoms with van der Waals surface area (Å²) in [6, 6.07) is 9.95. The molecule has 1 aromatic rings. The molecule has 0 aliphatic heterocycles. The van der Waals surface area contributed by atoms with E-state index in [1.165, 1.54) is 24.8 Å². The maximum atomic E-state index is 3.99. The lowest BCUT2D eigenvalue weighted by Crippen LogP contribution is -2.53. The monoisotopic (exact) mass is 349 g/mol. The molecule has 0 spiro atoms. The Labute approximate surface area is 138 Å². The number of fused-ring (bicyclic) bond motifs is 2. The van der Waals surface area contributed by atoms with Gasteiger partial charge in [-0.05, 0) is 67.1 Å². The minimum Gasteiger partial charge on any atom is -0.310 e. The summed E-state index contributed by atoms with van der Waals surface area (Å²) in [5.74, 6) is 0.917. The Morgan fingerprint density at radius 1 is 1.24 bits per heavy atom. The fourth-order valence-corrected chi connectivity index (χ4v) is 5.30. The second kappa shape index (κ2) is 5.38. The average Bonchev–Trinajstić information content (AvgIpc) is 2.89. The third kappa shape index (κ3) is 2.82. The first-order valence-corrected chi connectivity index (χ1v) is 9.11. The largest absolute Gasteiger partial charge is 0.310 e. The van der Waals surface area contributed by atoms with Gasteiger partial charge in [-0.2, -0.15) is 0 Å². The summed E-state index contributed by atoms with van der Waals surface area (Å²) in [4.78, 5) is 0. The van der Waals surface area contributed by atoms with Gasteiger partial charge in [0, 0.05) is 16.6 Å². The SMILES string of the molecule is CC(Cc1ccc(Br)cc1)NC1C2(C)CCC(C2)C1(C)C. The van der Waals surface area contributed by atoms with Crippen molar-refractivity contribution in [1.29, 1.82) is 0 Å². The van der Waals surface area contributed by atoms with Crippen molar-refractivity contribution >= 4 is 15.9 Å². The Balaban J connectivity index is 1.67. The van der Waals surface area contributed by atoms with Gasteiger partial charge in [0.05, 0.1) is 0 Å². The quantitative estimate of drug-likeness (QED) is 0.788. The highest BCUT2D eigenvalue weighted by molar-refractivity contribution is 9.10. The van der Waals surface area contributed by atoms with Gasteiger partial charge < -0.3 is 5.32 Å². The van der Waals surface area contributed by atoms with Gasteiger partial charge in [-0.1, -0.05) is 48.8 Å². The molecule has 2 saturated carbocycles. The zero-order valence-corrected chi connectivity index (χ0v) is 15.3. The maximum Gasteiger partial charge on any atom is 0.0177 e. The first-order valence-electron chi connectivity index (χ1n) is 8.32. The molecule has 1 nitrogen and oxygen atoms in total. The predicted molar refractivity (Wildman–Crippen MR) is 93.5 cm³/mol. The number of halogens is 1. The van der Waals surface area contributed by atoms with Crippen molar-refractivity contribution in [3.05, 3.63) is 34.3 Å². The van der Waals surface area contributed by atoms with Gasteiger partial charge in [-0.25, -0.2) is 0 Å². The molecular formula is C19H28BrN. The Morgan fingerprint density at radius 2 is 1.90 bits per heavy atom. The lowest BCUT2D eigenvalue weighted by molar-refractivity contribution is 0.100. The molecule has 2 heteroatoms. The molecule has 0 saturated heterocycles. The van der Waals surface area contributed by atoms with Gasteiger partial charge in [-0.15, -0.1) is 0 Å². The number of rotatable bonds is 4. The normalized spacial score (nSPS) is 35.1. The number of benzene rings is 1. The first-order chi connectivity index (χ1) is 9.81. The second-order valence-electron chi connectivity index (χ2n) is 8.25. The summed E-state index contributed by atoms with van der Waals surface area (Å²) in [6.45, 7) is 9.80. The molecule has 4 atom stereocenters. The van der Waals surface area contributed by atoms with Crippen molar-refractivity contribution in [2.75, 3.05) is 0 Å². The predicted octanol–water partition coefficient (Wildman–Crippen LogP) is 5.18. The fraction of sp³-hybridized carbons (Fsp3) is 0.684. The maximum absolute atomic E-state index is 3.99. The van der Waals surface area contributed by atoms with Crippen LogP contribution in [0.1, 0.15) is 52.5 Å². The molecule has 0 heterocycles. The van der Waals surface area contributed by atoms with Crippen molar-refractivity contribution in [2.24, 2.45) is 16.7 Å². The van der Waals surface area contributed by atoms with Gasteiger partial charge in [0.15, 0.2) is 0 Å². The molecular weight excluding hydrogens is 322 g/mol. The Kier molecular flexibility index (Phi) is 3.99. The minimum absolute atomic E-state index is 0.445. The fourth-order valence-electron chi connectivity index (χ4n) is 5.04. The molecule has 2 aliphatic rings. The molecule has 0 radical (unpaired) electrons. The minimum atomic E-state index is 0.445. The highest BCUT2D eigenvalue weighted by Gasteiger charge is 2.59. The summed E-state index contributed by atoms with van der Waals surface area (Å²) >= 11 is 3.51. The van der Waals surface area contributed by atoms with Crippen molar-refractivity contribution in [3.63, 3.8) is 0 Å². The van der Waals surface area contributed by atoms with E-state index in [4.69, 9.17) is 0 Å². The van der Waals surface area contributed by atoms with Crippen LogP contribution in [0.5, 0.6) is 0 Å². The van der Waals surface area contributed by atoms with E-state index in [0.717, 1.165) is 16.8 Å². The Hall–Kier alpha value is -0.340. The highest BCUT2D eigenvalue weighted by Crippen LogP contribution is 2.62. The van der Waals surface area contributed by atoms with Gasteiger partial charge in [0.2, 0.25) is 0 Å². The summed E-state index contributed by atoms with van der Waals surface area (Å²) in [5.41, 5.74) is 2.38. The molecule has 2 bridgehead atoms. The van der Waals surface area contributed by atoms with E-state index in [9.17, 15) is 0 Å². The van der Waals surface area contributed by atoms with E-state index in [2.05, 4.69) is 73.2 Å². The molecule has 3 rings (SSSR count). The third-order valence-corrected chi connectivity index (χ3v) is 6.70. The van der Waals surface area contributed by atoms with Crippen molar-refractivity contribution in [3.8, 4) is 0 Å². The van der Waals surface area contributed by atoms with E-state index in [1.807, 2.05) is 0 Å². The topological polar surface area (TPSA) is 12.0 Å². The Morgan fingerprint density at radius 3 is 2.48 bits per heavy atom. The second-order valence-corrected chi connectivity index (χ2v) is 9.16. The molecule has 116 valence electrons. The van der Waals surface area contributed by atoms with E-state index < -0.39 is 0 Å². The molecule has 1 N–H and O–H groups in total. The van der Waals surface area contributed by atoms with Crippen LogP contribution < -0.4 is 5.32 Å². The summed E-state index contributed by atoms with van der Waals surface area (Å²) in [5, 5.41) is 3.99. The van der Waals surface area contributed by atoms with Gasteiger partial charge in [-0.3, -0.25) is 0 Å². The molecule has 4 unspecified atom stereocenters. The van der Waals surface area contributed by atoms with Crippen molar-refractivity contribution < 1.29 is 0 Å². The zero-order chi connectivity index (χ0) is 15.3. The molecule has 0 aromatic heterocycles. The van der Waals surface area contributed by atoms with Gasteiger partial charge in [0.1, 0.15) is 0 Å². The number of nitrogens with one attached hydrogen (secondary N) is 1. The summed E-state index contributed by atoms with van der Waals surface area (Å²) in [7, 11) is 0. The van der Waals surface area contributed by atoms with E-state index in [0.29, 0.717) is 22.9 Å². The summed E-state index contributed by atoms with van der Waals surface area (Å²) in [6.07, 6.45) is 5.37. The first kappa shape index (κ1) is 15.6. The summed E-state index contributed by atoms with van der Waals surface area (Å²) < 4.78 is 1.16. The molecule has 21 heavy (non-hydrogen) atoms. The highest BCUT2D eigenvalue weighted by atomic mass is 79.9. The lowest BCUT2D eigenvalue weighted by atomic mass is 9.68. The van der Waals surface area contributed by atoms with Gasteiger partial charge >= 0.3 is 0 Å². The van der Waals surface area contributed by atoms with Crippen LogP contribution in [0.3, 0.4) is 0 Å². The molecule has 1 aromatic carbocycles. The molecule has 2 aliphatic carbocycles. The number of hydrogen-bond acceptors (Lipinski definition) is 1. The average molecular weight is 350 g/mol. The van der Waals surface area contributed by atoms with Crippen molar-refractivity contribution in [2.45, 2.75) is 65.5 Å². The van der Waals surface area contributed by atoms with Crippen LogP contribution in [0.4, 0.5) is 0 Å². The van der Waals surface area contributed by atoms with E-state index >= 15 is 0 Å². The van der Waals surface area contributed by atoms with Crippen LogP contribution in [-0.4, -0.2) is 12.1 Å². The lowest BCUT2D eigenvalue weighted by Gasteiger charge is -2.44. The van der Waals surface area contributed by atoms with Crippen LogP contribution >= 0.6 is 15.9 Å². The van der Waals surface area contributed by atoms with Crippen molar-refractivity contribution in [1.82, 2.24) is 5.32 Å². The standard InChI is InChI=1S/C19H28BrN/c1-13(11-14-5-7-16(20)8-6-14)21-17-18(2,3)15-9-10-19(17,4)12-15/h5-8,13,15,17,21H,9-12H2,1-4H3. The van der Waals surface area contributed by atoms with E-state index in [1.54, 1.807) is 0 Å². The number of hydrogen-bond donors (Lipinski definition) is 1. The van der Waals surface area contributed by atoms with Gasteiger partial charge in [0.25, 0.3) is 0 Å². The molecule has 0 amide bonds. The third-order valence-electron chi connectivity index (χ3n) is 6.18. The van der Waals surface area contributed by atoms with Crippen LogP contribution in [0.25, 0.3) is 0 Å². The zero-order valence-electron chi connectivity index (χ0n) is 13.7. The van der Waals surface area contributed by atoms with Crippen LogP contribution in [0.2, 0.25) is 0 Å². The smallest absolute Gasteiger partial charge is 0.0177 e.